The highest BCUT2D eigenvalue weighted by molar-refractivity contribution is 8.00. The summed E-state index contributed by atoms with van der Waals surface area (Å²) in [6, 6.07) is -0.611. The Kier molecular flexibility index (Phi) is 15.0. The third kappa shape index (κ3) is 13.7. The van der Waals surface area contributed by atoms with E-state index in [-0.39, 0.29) is 0 Å². The van der Waals surface area contributed by atoms with E-state index in [1.165, 1.54) is 5.56 Å². The lowest BCUT2D eigenvalue weighted by molar-refractivity contribution is -0.144. The van der Waals surface area contributed by atoms with Crippen molar-refractivity contribution in [1.82, 2.24) is 0 Å². The average Bonchev–Trinajstić information content (AvgIpc) is 3.16. The number of benzene rings is 5. The van der Waals surface area contributed by atoms with Crippen LogP contribution >= 0.6 is 0 Å². The van der Waals surface area contributed by atoms with Gasteiger partial charge in [-0.1, -0.05) is 78.4 Å². The van der Waals surface area contributed by atoms with E-state index in [1.807, 2.05) is 12.1 Å². The molecule has 0 saturated carbocycles. The second-order valence-electron chi connectivity index (χ2n) is 15.8. The first-order chi connectivity index (χ1) is 30.7. The molecule has 0 aliphatic rings. The topological polar surface area (TPSA) is 17.1 Å². The van der Waals surface area contributed by atoms with E-state index in [9.17, 15) is 110 Å². The van der Waals surface area contributed by atoms with Crippen molar-refractivity contribution < 1.29 is 110 Å². The summed E-state index contributed by atoms with van der Waals surface area (Å²) >= 11 is 0. The van der Waals surface area contributed by atoms with Gasteiger partial charge in [0.2, 0.25) is 0 Å². The minimum atomic E-state index is -6.13. The summed E-state index contributed by atoms with van der Waals surface area (Å²) in [4.78, 5) is 0. The van der Waals surface area contributed by atoms with Gasteiger partial charge in [0.15, 0.2) is 0 Å². The SMILES string of the molecule is Cc1ccc(C[S+](C)(C)=O)cc1.FC(F)(F)c1cc([B-](c2cc(C(F)(F)F)cc(C(F)(F)F)c2)(c2cc(C(F)(F)F)cc(C(F)(F)F)c2)c2cc(C(F)(F)F)cc(C(F)(F)F)c2)cc(C(F)(F)F)c1. The smallest absolute Gasteiger partial charge is 0.194 e. The predicted molar refractivity (Wildman–Crippen MR) is 205 cm³/mol. The second kappa shape index (κ2) is 18.4. The number of halogens is 24. The van der Waals surface area contributed by atoms with Crippen molar-refractivity contribution in [1.29, 1.82) is 0 Å². The summed E-state index contributed by atoms with van der Waals surface area (Å²) in [6.45, 7) is 2.05. The highest BCUT2D eigenvalue weighted by Crippen LogP contribution is 2.41. The summed E-state index contributed by atoms with van der Waals surface area (Å²) in [5.41, 5.74) is -27.8. The molecular weight excluding hydrogens is 1020 g/mol. The Morgan fingerprint density at radius 3 is 0.652 bits per heavy atom. The summed E-state index contributed by atoms with van der Waals surface area (Å²) in [6.07, 6.45) is -51.2. The predicted octanol–water partition coefficient (Wildman–Crippen LogP) is 13.5. The molecular formula is C42H27BF24OS. The molecule has 0 fully saturated rings. The summed E-state index contributed by atoms with van der Waals surface area (Å²) in [5, 5.41) is 0. The molecule has 69 heavy (non-hydrogen) atoms. The van der Waals surface area contributed by atoms with Crippen LogP contribution in [0.5, 0.6) is 0 Å². The Hall–Kier alpha value is -5.37. The van der Waals surface area contributed by atoms with Gasteiger partial charge < -0.3 is 0 Å². The van der Waals surface area contributed by atoms with Crippen LogP contribution in [-0.2, 0) is 69.3 Å². The van der Waals surface area contributed by atoms with Gasteiger partial charge in [0.25, 0.3) is 0 Å². The Balaban J connectivity index is 0.000000750. The highest BCUT2D eigenvalue weighted by Gasteiger charge is 2.47. The average molecular weight is 1050 g/mol. The molecule has 0 spiro atoms. The Bertz CT molecular complexity index is 2250. The van der Waals surface area contributed by atoms with Crippen LogP contribution in [0.15, 0.2) is 97.1 Å². The van der Waals surface area contributed by atoms with Crippen molar-refractivity contribution in [2.24, 2.45) is 0 Å². The fourth-order valence-electron chi connectivity index (χ4n) is 7.16. The summed E-state index contributed by atoms with van der Waals surface area (Å²) in [5.74, 6) is 0.688. The molecule has 0 heterocycles. The maximum absolute atomic E-state index is 14.2. The molecule has 0 N–H and O–H groups in total. The molecule has 5 aromatic carbocycles. The number of hydrogen-bond acceptors (Lipinski definition) is 1. The van der Waals surface area contributed by atoms with E-state index < -0.39 is 205 Å². The van der Waals surface area contributed by atoms with Crippen LogP contribution in [0, 0.1) is 6.92 Å². The van der Waals surface area contributed by atoms with Gasteiger partial charge in [0, 0.05) is 5.56 Å². The molecule has 0 aromatic heterocycles. The van der Waals surface area contributed by atoms with Gasteiger partial charge in [-0.05, 0) is 31.2 Å². The second-order valence-corrected chi connectivity index (χ2v) is 19.0. The summed E-state index contributed by atoms with van der Waals surface area (Å²) < 4.78 is 352. The quantitative estimate of drug-likeness (QED) is 0.0941. The lowest BCUT2D eigenvalue weighted by atomic mass is 9.12. The Morgan fingerprint density at radius 2 is 0.507 bits per heavy atom. The van der Waals surface area contributed by atoms with Crippen LogP contribution in [0.1, 0.15) is 55.6 Å². The number of hydrogen-bond donors (Lipinski definition) is 0. The molecule has 0 bridgehead atoms. The molecule has 5 aromatic rings. The van der Waals surface area contributed by atoms with Crippen LogP contribution in [0.2, 0.25) is 0 Å². The molecule has 0 atom stereocenters. The lowest BCUT2D eigenvalue weighted by Gasteiger charge is -2.46. The molecule has 0 saturated heterocycles. The zero-order valence-electron chi connectivity index (χ0n) is 34.4. The maximum Gasteiger partial charge on any atom is 0.416 e. The van der Waals surface area contributed by atoms with Gasteiger partial charge in [0.1, 0.15) is 24.4 Å². The van der Waals surface area contributed by atoms with E-state index in [0.717, 1.165) is 5.56 Å². The molecule has 0 amide bonds. The first-order valence-corrected chi connectivity index (χ1v) is 21.1. The monoisotopic (exact) mass is 1050 g/mol. The third-order valence-electron chi connectivity index (χ3n) is 10.1. The minimum Gasteiger partial charge on any atom is -0.194 e. The molecule has 1 nitrogen and oxygen atoms in total. The van der Waals surface area contributed by atoms with Gasteiger partial charge in [0.05, 0.1) is 54.4 Å². The molecule has 27 heteroatoms. The van der Waals surface area contributed by atoms with Crippen molar-refractivity contribution >= 4 is 37.9 Å². The lowest BCUT2D eigenvalue weighted by Crippen LogP contribution is -2.75. The van der Waals surface area contributed by atoms with Gasteiger partial charge in [-0.15, -0.1) is 4.21 Å². The first-order valence-electron chi connectivity index (χ1n) is 18.6. The molecule has 0 aliphatic heterocycles. The fraction of sp³-hybridized carbons (Fsp3) is 0.286. The number of alkyl halides is 24. The van der Waals surface area contributed by atoms with E-state index in [1.54, 1.807) is 12.5 Å². The maximum atomic E-state index is 14.2. The molecule has 5 rings (SSSR count). The standard InChI is InChI=1S/C32H12BF24.C10H15OS/c34-25(35,36)13-1-14(26(37,38)39)6-21(5-13)33(22-7-15(27(40,41)42)2-16(8-22)28(43,44)45,23-9-17(29(46,47)48)3-18(10-23)30(49,50)51)24-11-19(31(52,53)54)4-20(12-24)32(55,56)57;1-9-4-6-10(7-5-9)8-12(2,3)11/h1-12H;4-7H,8H2,1-3H3/q-1;+1. The number of rotatable bonds is 6. The van der Waals surface area contributed by atoms with Gasteiger partial charge in [-0.25, -0.2) is 0 Å². The van der Waals surface area contributed by atoms with E-state index >= 15 is 0 Å². The normalized spacial score (nSPS) is 13.8. The molecule has 0 aliphatic carbocycles. The Labute approximate surface area is 374 Å². The van der Waals surface area contributed by atoms with Gasteiger partial charge in [-0.3, -0.25) is 0 Å². The zero-order chi connectivity index (χ0) is 53.1. The van der Waals surface area contributed by atoms with Crippen molar-refractivity contribution in [3.8, 4) is 0 Å². The Morgan fingerprint density at radius 1 is 0.333 bits per heavy atom. The van der Waals surface area contributed by atoms with E-state index in [2.05, 4.69) is 19.1 Å². The van der Waals surface area contributed by atoms with E-state index in [4.69, 9.17) is 0 Å². The van der Waals surface area contributed by atoms with Crippen molar-refractivity contribution in [3.05, 3.63) is 153 Å². The van der Waals surface area contributed by atoms with Crippen LogP contribution in [0.25, 0.3) is 0 Å². The van der Waals surface area contributed by atoms with Gasteiger partial charge in [-0.2, -0.15) is 127 Å². The molecule has 378 valence electrons. The fourth-order valence-corrected chi connectivity index (χ4v) is 8.15. The first kappa shape index (κ1) is 56.2. The summed E-state index contributed by atoms with van der Waals surface area (Å²) in [7, 11) is -1.64. The minimum absolute atomic E-state index is 0.688. The van der Waals surface area contributed by atoms with Crippen LogP contribution < -0.4 is 21.9 Å². The van der Waals surface area contributed by atoms with Gasteiger partial charge >= 0.3 is 49.4 Å². The van der Waals surface area contributed by atoms with Crippen molar-refractivity contribution in [2.75, 3.05) is 12.5 Å². The number of aryl methyl sites for hydroxylation is 1. The highest BCUT2D eigenvalue weighted by atomic mass is 32.2. The van der Waals surface area contributed by atoms with Crippen molar-refractivity contribution in [3.63, 3.8) is 0 Å². The largest absolute Gasteiger partial charge is 0.416 e. The zero-order valence-corrected chi connectivity index (χ0v) is 35.2. The third-order valence-corrected chi connectivity index (χ3v) is 11.1. The van der Waals surface area contributed by atoms with Crippen LogP contribution in [-0.4, -0.2) is 18.7 Å². The van der Waals surface area contributed by atoms with Crippen molar-refractivity contribution in [2.45, 2.75) is 62.1 Å². The molecule has 0 unspecified atom stereocenters. The van der Waals surface area contributed by atoms with E-state index in [0.29, 0.717) is 5.75 Å². The van der Waals surface area contributed by atoms with Crippen LogP contribution in [0.4, 0.5) is 105 Å². The van der Waals surface area contributed by atoms with Crippen LogP contribution in [0.3, 0.4) is 0 Å². The molecule has 0 radical (unpaired) electrons.